The van der Waals surface area contributed by atoms with Crippen LogP contribution >= 0.6 is 11.6 Å². The van der Waals surface area contributed by atoms with Crippen LogP contribution in [0.15, 0.2) is 41.5 Å². The lowest BCUT2D eigenvalue weighted by Gasteiger charge is -2.05. The van der Waals surface area contributed by atoms with Gasteiger partial charge in [-0.3, -0.25) is 19.8 Å². The van der Waals surface area contributed by atoms with Crippen molar-refractivity contribution in [3.05, 3.63) is 63.4 Å². The van der Waals surface area contributed by atoms with Crippen molar-refractivity contribution < 1.29 is 0 Å². The highest BCUT2D eigenvalue weighted by Gasteiger charge is 2.27. The van der Waals surface area contributed by atoms with E-state index in [1.165, 1.54) is 10.8 Å². The zero-order chi connectivity index (χ0) is 13.9. The van der Waals surface area contributed by atoms with Crippen molar-refractivity contribution in [2.75, 3.05) is 0 Å². The Morgan fingerprint density at radius 3 is 2.95 bits per heavy atom. The van der Waals surface area contributed by atoms with Gasteiger partial charge in [-0.15, -0.1) is 0 Å². The van der Waals surface area contributed by atoms with Crippen molar-refractivity contribution in [3.8, 4) is 5.69 Å². The van der Waals surface area contributed by atoms with Gasteiger partial charge in [0.05, 0.1) is 22.8 Å². The second kappa shape index (κ2) is 3.74. The molecule has 1 N–H and O–H groups in total. The van der Waals surface area contributed by atoms with Gasteiger partial charge in [-0.1, -0.05) is 11.6 Å². The number of pyridine rings is 1. The van der Waals surface area contributed by atoms with E-state index in [4.69, 9.17) is 17.0 Å². The summed E-state index contributed by atoms with van der Waals surface area (Å²) < 4.78 is 1.45. The molecule has 6 heteroatoms. The quantitative estimate of drug-likeness (QED) is 0.537. The molecular formula is C14H7ClN4O. The monoisotopic (exact) mass is 282 g/mol. The molecule has 4 rings (SSSR count). The lowest BCUT2D eigenvalue weighted by molar-refractivity contribution is 0.963. The number of fused-ring (bicyclic) bond motifs is 4. The number of hydrogen-bond acceptors (Lipinski definition) is 4. The van der Waals surface area contributed by atoms with Gasteiger partial charge in [0.1, 0.15) is 5.71 Å². The Bertz CT molecular complexity index is 961. The smallest absolute Gasteiger partial charge is 0.266 e. The van der Waals surface area contributed by atoms with Crippen molar-refractivity contribution in [1.29, 1.82) is 5.41 Å². The minimum atomic E-state index is -0.196. The highest BCUT2D eigenvalue weighted by Crippen LogP contribution is 2.28. The lowest BCUT2D eigenvalue weighted by Crippen LogP contribution is -2.21. The highest BCUT2D eigenvalue weighted by atomic mass is 35.5. The summed E-state index contributed by atoms with van der Waals surface area (Å²) in [4.78, 5) is 20.9. The van der Waals surface area contributed by atoms with Crippen LogP contribution in [0.2, 0.25) is 5.02 Å². The Labute approximate surface area is 118 Å². The molecule has 0 bridgehead atoms. The molecule has 0 fully saturated rings. The molecule has 0 radical (unpaired) electrons. The summed E-state index contributed by atoms with van der Waals surface area (Å²) in [6.07, 6.45) is 3.09. The molecule has 3 heterocycles. The molecule has 0 spiro atoms. The van der Waals surface area contributed by atoms with E-state index in [0.717, 1.165) is 0 Å². The van der Waals surface area contributed by atoms with Crippen molar-refractivity contribution in [2.45, 2.75) is 0 Å². The van der Waals surface area contributed by atoms with E-state index in [-0.39, 0.29) is 11.3 Å². The van der Waals surface area contributed by atoms with Gasteiger partial charge in [-0.25, -0.2) is 4.98 Å². The molecular weight excluding hydrogens is 276 g/mol. The largest absolute Gasteiger partial charge is 0.296 e. The average Bonchev–Trinajstić information content (AvgIpc) is 2.73. The lowest BCUT2D eigenvalue weighted by atomic mass is 10.1. The van der Waals surface area contributed by atoms with Crippen LogP contribution in [0.1, 0.15) is 11.4 Å². The molecule has 0 aliphatic carbocycles. The van der Waals surface area contributed by atoms with Crippen LogP contribution in [0.4, 0.5) is 0 Å². The number of halogens is 1. The molecule has 1 aliphatic heterocycles. The summed E-state index contributed by atoms with van der Waals surface area (Å²) >= 11 is 5.96. The van der Waals surface area contributed by atoms with Crippen LogP contribution < -0.4 is 5.56 Å². The molecule has 2 aromatic heterocycles. The van der Waals surface area contributed by atoms with Gasteiger partial charge >= 0.3 is 0 Å². The van der Waals surface area contributed by atoms with E-state index in [1.807, 2.05) is 0 Å². The van der Waals surface area contributed by atoms with E-state index in [9.17, 15) is 4.79 Å². The van der Waals surface area contributed by atoms with Gasteiger partial charge in [0.25, 0.3) is 5.56 Å². The van der Waals surface area contributed by atoms with Crippen molar-refractivity contribution in [2.24, 2.45) is 0 Å². The first-order chi connectivity index (χ1) is 9.66. The van der Waals surface area contributed by atoms with Crippen LogP contribution in [0.25, 0.3) is 16.6 Å². The number of benzene rings is 1. The Kier molecular flexibility index (Phi) is 2.11. The molecule has 0 unspecified atom stereocenters. The molecule has 1 aromatic carbocycles. The molecule has 0 saturated heterocycles. The predicted octanol–water partition coefficient (Wildman–Crippen LogP) is 2.16. The first kappa shape index (κ1) is 11.3. The number of nitrogens with zero attached hydrogens (tertiary/aromatic N) is 3. The number of hydrogen-bond donors (Lipinski definition) is 1. The van der Waals surface area contributed by atoms with Gasteiger partial charge < -0.3 is 0 Å². The average molecular weight is 283 g/mol. The summed E-state index contributed by atoms with van der Waals surface area (Å²) in [5, 5.41) is 9.19. The van der Waals surface area contributed by atoms with Gasteiger partial charge in [-0.2, -0.15) is 0 Å². The van der Waals surface area contributed by atoms with Crippen molar-refractivity contribution in [3.63, 3.8) is 0 Å². The second-order valence-corrected chi connectivity index (χ2v) is 4.94. The van der Waals surface area contributed by atoms with E-state index < -0.39 is 0 Å². The topological polar surface area (TPSA) is 71.6 Å². The summed E-state index contributed by atoms with van der Waals surface area (Å²) in [6.45, 7) is 0. The molecule has 5 nitrogen and oxygen atoms in total. The zero-order valence-corrected chi connectivity index (χ0v) is 10.8. The Morgan fingerprint density at radius 2 is 2.10 bits per heavy atom. The molecule has 0 amide bonds. The van der Waals surface area contributed by atoms with Crippen molar-refractivity contribution in [1.82, 2.24) is 14.5 Å². The number of rotatable bonds is 0. The van der Waals surface area contributed by atoms with Gasteiger partial charge in [0.2, 0.25) is 0 Å². The molecule has 20 heavy (non-hydrogen) atoms. The minimum Gasteiger partial charge on any atom is -0.296 e. The zero-order valence-electron chi connectivity index (χ0n) is 10.1. The number of aromatic nitrogens is 3. The maximum absolute atomic E-state index is 12.6. The predicted molar refractivity (Wildman–Crippen MR) is 76.1 cm³/mol. The van der Waals surface area contributed by atoms with Crippen LogP contribution in [0, 0.1) is 5.41 Å². The standard InChI is InChI=1S/C14H7ClN4O/c15-7-1-2-11-9(5-7)12(16)13-18-10-6-17-4-3-8(10)14(20)19(11)13/h1-6,16H. The fourth-order valence-electron chi connectivity index (χ4n) is 2.45. The van der Waals surface area contributed by atoms with Crippen LogP contribution in [-0.4, -0.2) is 20.2 Å². The van der Waals surface area contributed by atoms with Gasteiger partial charge in [-0.05, 0) is 24.3 Å². The third-order valence-electron chi connectivity index (χ3n) is 3.36. The van der Waals surface area contributed by atoms with E-state index in [1.54, 1.807) is 30.5 Å². The summed E-state index contributed by atoms with van der Waals surface area (Å²) in [5.74, 6) is 0.327. The maximum Gasteiger partial charge on any atom is 0.266 e. The van der Waals surface area contributed by atoms with Crippen molar-refractivity contribution >= 4 is 28.2 Å². The minimum absolute atomic E-state index is 0.196. The van der Waals surface area contributed by atoms with Gasteiger partial charge in [0, 0.05) is 16.8 Å². The van der Waals surface area contributed by atoms with E-state index in [0.29, 0.717) is 33.0 Å². The summed E-state index contributed by atoms with van der Waals surface area (Å²) in [7, 11) is 0. The second-order valence-electron chi connectivity index (χ2n) is 4.51. The Balaban J connectivity index is 2.20. The molecule has 96 valence electrons. The normalized spacial score (nSPS) is 12.6. The highest BCUT2D eigenvalue weighted by molar-refractivity contribution is 6.31. The molecule has 1 aliphatic rings. The van der Waals surface area contributed by atoms with Crippen LogP contribution in [0.5, 0.6) is 0 Å². The summed E-state index contributed by atoms with van der Waals surface area (Å²) in [6, 6.07) is 6.75. The maximum atomic E-state index is 12.6. The molecule has 3 aromatic rings. The van der Waals surface area contributed by atoms with Gasteiger partial charge in [0.15, 0.2) is 5.82 Å². The first-order valence-corrected chi connectivity index (χ1v) is 6.30. The fourth-order valence-corrected chi connectivity index (χ4v) is 2.62. The summed E-state index contributed by atoms with van der Waals surface area (Å²) in [5.41, 5.74) is 1.76. The van der Waals surface area contributed by atoms with Crippen LogP contribution in [-0.2, 0) is 0 Å². The third kappa shape index (κ3) is 1.32. The Morgan fingerprint density at radius 1 is 1.25 bits per heavy atom. The van der Waals surface area contributed by atoms with E-state index in [2.05, 4.69) is 9.97 Å². The Hall–Kier alpha value is -2.53. The first-order valence-electron chi connectivity index (χ1n) is 5.93. The third-order valence-corrected chi connectivity index (χ3v) is 3.60. The molecule has 0 saturated carbocycles. The fraction of sp³-hybridized carbons (Fsp3) is 0. The van der Waals surface area contributed by atoms with E-state index >= 15 is 0 Å². The molecule has 0 atom stereocenters. The SMILES string of the molecule is N=C1c2cc(Cl)ccc2-n2c1nc1cnccc1c2=O. The van der Waals surface area contributed by atoms with Crippen LogP contribution in [0.3, 0.4) is 0 Å². The number of nitrogens with one attached hydrogen (secondary N) is 1.